The van der Waals surface area contributed by atoms with Crippen LogP contribution in [0.3, 0.4) is 0 Å². The molecule has 0 unspecified atom stereocenters. The molecule has 0 amide bonds. The summed E-state index contributed by atoms with van der Waals surface area (Å²) in [6, 6.07) is 2.22. The van der Waals surface area contributed by atoms with Crippen LogP contribution in [0.25, 0.3) is 10.2 Å². The number of nitrogens with one attached hydrogen (secondary N) is 2. The third-order valence-electron chi connectivity index (χ3n) is 3.66. The second-order valence-corrected chi connectivity index (χ2v) is 6.14. The van der Waals surface area contributed by atoms with Gasteiger partial charge in [-0.1, -0.05) is 6.92 Å². The largest absolute Gasteiger partial charge is 0.368 e. The molecule has 0 bridgehead atoms. The van der Waals surface area contributed by atoms with E-state index in [9.17, 15) is 0 Å². The van der Waals surface area contributed by atoms with Crippen LogP contribution in [-0.2, 0) is 6.42 Å². The van der Waals surface area contributed by atoms with Gasteiger partial charge in [0.2, 0.25) is 0 Å². The van der Waals surface area contributed by atoms with Crippen molar-refractivity contribution in [2.75, 3.05) is 44.6 Å². The number of fused-ring (bicyclic) bond motifs is 1. The Morgan fingerprint density at radius 1 is 1.35 bits per heavy atom. The molecule has 2 N–H and O–H groups in total. The summed E-state index contributed by atoms with van der Waals surface area (Å²) < 4.78 is 0. The van der Waals surface area contributed by atoms with E-state index in [0.29, 0.717) is 0 Å². The van der Waals surface area contributed by atoms with E-state index in [1.54, 1.807) is 17.7 Å². The molecule has 0 aromatic carbocycles. The van der Waals surface area contributed by atoms with Gasteiger partial charge in [-0.2, -0.15) is 0 Å². The average Bonchev–Trinajstić information content (AvgIpc) is 2.92. The SMILES string of the molecule is CCc1cc2c(NCCN3CCNCC3)ncnc2s1. The first-order chi connectivity index (χ1) is 9.86. The molecule has 0 aliphatic carbocycles. The molecule has 20 heavy (non-hydrogen) atoms. The van der Waals surface area contributed by atoms with Gasteiger partial charge in [0, 0.05) is 44.1 Å². The van der Waals surface area contributed by atoms with Crippen LogP contribution in [0.2, 0.25) is 0 Å². The molecule has 3 rings (SSSR count). The fourth-order valence-electron chi connectivity index (χ4n) is 2.49. The van der Waals surface area contributed by atoms with Gasteiger partial charge in [0.15, 0.2) is 0 Å². The van der Waals surface area contributed by atoms with Crippen molar-refractivity contribution < 1.29 is 0 Å². The number of hydrogen-bond donors (Lipinski definition) is 2. The van der Waals surface area contributed by atoms with Gasteiger partial charge in [-0.15, -0.1) is 11.3 Å². The summed E-state index contributed by atoms with van der Waals surface area (Å²) in [5, 5.41) is 8.00. The van der Waals surface area contributed by atoms with Crippen molar-refractivity contribution >= 4 is 27.4 Å². The fraction of sp³-hybridized carbons (Fsp3) is 0.571. The Morgan fingerprint density at radius 3 is 3.00 bits per heavy atom. The molecule has 1 fully saturated rings. The van der Waals surface area contributed by atoms with Gasteiger partial charge in [0.1, 0.15) is 17.0 Å². The monoisotopic (exact) mass is 291 g/mol. The molecule has 108 valence electrons. The summed E-state index contributed by atoms with van der Waals surface area (Å²) in [6.45, 7) is 8.65. The first-order valence-electron chi connectivity index (χ1n) is 7.27. The standard InChI is InChI=1S/C14H21N5S/c1-2-11-9-12-13(17-10-18-14(12)20-11)16-5-8-19-6-3-15-4-7-19/h9-10,15H,2-8H2,1H3,(H,16,17,18). The predicted octanol–water partition coefficient (Wildman–Crippen LogP) is 1.57. The van der Waals surface area contributed by atoms with E-state index < -0.39 is 0 Å². The second-order valence-electron chi connectivity index (χ2n) is 5.03. The lowest BCUT2D eigenvalue weighted by Gasteiger charge is -2.27. The van der Waals surface area contributed by atoms with Crippen molar-refractivity contribution in [2.45, 2.75) is 13.3 Å². The van der Waals surface area contributed by atoms with Crippen LogP contribution in [0, 0.1) is 0 Å². The molecule has 0 atom stereocenters. The Hall–Kier alpha value is -1.24. The Bertz CT molecular complexity index is 562. The minimum absolute atomic E-state index is 0.934. The zero-order chi connectivity index (χ0) is 13.8. The maximum absolute atomic E-state index is 4.39. The highest BCUT2D eigenvalue weighted by Crippen LogP contribution is 2.28. The van der Waals surface area contributed by atoms with Crippen LogP contribution in [0.4, 0.5) is 5.82 Å². The van der Waals surface area contributed by atoms with E-state index in [1.807, 2.05) is 0 Å². The summed E-state index contributed by atoms with van der Waals surface area (Å²) in [5.74, 6) is 0.973. The summed E-state index contributed by atoms with van der Waals surface area (Å²) in [6.07, 6.45) is 2.71. The summed E-state index contributed by atoms with van der Waals surface area (Å²) in [7, 11) is 0. The molecular formula is C14H21N5S. The van der Waals surface area contributed by atoms with Crippen LogP contribution in [-0.4, -0.2) is 54.1 Å². The smallest absolute Gasteiger partial charge is 0.138 e. The van der Waals surface area contributed by atoms with E-state index in [1.165, 1.54) is 4.88 Å². The predicted molar refractivity (Wildman–Crippen MR) is 84.6 cm³/mol. The average molecular weight is 291 g/mol. The Labute approximate surface area is 123 Å². The third-order valence-corrected chi connectivity index (χ3v) is 4.85. The lowest BCUT2D eigenvalue weighted by atomic mass is 10.3. The first kappa shape index (κ1) is 13.7. The van der Waals surface area contributed by atoms with Crippen molar-refractivity contribution in [1.29, 1.82) is 0 Å². The normalized spacial score (nSPS) is 16.6. The van der Waals surface area contributed by atoms with E-state index >= 15 is 0 Å². The molecule has 1 aliphatic rings. The van der Waals surface area contributed by atoms with Crippen LogP contribution in [0.1, 0.15) is 11.8 Å². The number of aryl methyl sites for hydroxylation is 1. The molecule has 6 heteroatoms. The fourth-order valence-corrected chi connectivity index (χ4v) is 3.42. The molecule has 3 heterocycles. The van der Waals surface area contributed by atoms with E-state index in [0.717, 1.165) is 61.7 Å². The molecule has 2 aromatic rings. The topological polar surface area (TPSA) is 53.1 Å². The zero-order valence-electron chi connectivity index (χ0n) is 11.9. The maximum Gasteiger partial charge on any atom is 0.138 e. The van der Waals surface area contributed by atoms with Crippen molar-refractivity contribution in [3.05, 3.63) is 17.3 Å². The van der Waals surface area contributed by atoms with Gasteiger partial charge in [0.05, 0.1) is 5.39 Å². The zero-order valence-corrected chi connectivity index (χ0v) is 12.7. The van der Waals surface area contributed by atoms with Crippen LogP contribution < -0.4 is 10.6 Å². The molecule has 2 aromatic heterocycles. The third kappa shape index (κ3) is 3.08. The van der Waals surface area contributed by atoms with Gasteiger partial charge < -0.3 is 10.6 Å². The van der Waals surface area contributed by atoms with Gasteiger partial charge in [-0.05, 0) is 12.5 Å². The van der Waals surface area contributed by atoms with Crippen molar-refractivity contribution in [2.24, 2.45) is 0 Å². The minimum Gasteiger partial charge on any atom is -0.368 e. The molecule has 1 saturated heterocycles. The highest BCUT2D eigenvalue weighted by Gasteiger charge is 2.10. The molecule has 5 nitrogen and oxygen atoms in total. The number of piperazine rings is 1. The van der Waals surface area contributed by atoms with Gasteiger partial charge in [0.25, 0.3) is 0 Å². The van der Waals surface area contributed by atoms with Gasteiger partial charge in [-0.25, -0.2) is 9.97 Å². The Morgan fingerprint density at radius 2 is 2.20 bits per heavy atom. The Balaban J connectivity index is 1.63. The molecule has 1 aliphatic heterocycles. The summed E-state index contributed by atoms with van der Waals surface area (Å²) in [4.78, 5) is 13.7. The minimum atomic E-state index is 0.934. The van der Waals surface area contributed by atoms with Gasteiger partial charge >= 0.3 is 0 Å². The van der Waals surface area contributed by atoms with Gasteiger partial charge in [-0.3, -0.25) is 4.90 Å². The quantitative estimate of drug-likeness (QED) is 0.876. The number of thiophene rings is 1. The van der Waals surface area contributed by atoms with Crippen LogP contribution >= 0.6 is 11.3 Å². The number of rotatable bonds is 5. The van der Waals surface area contributed by atoms with Crippen molar-refractivity contribution in [3.8, 4) is 0 Å². The lowest BCUT2D eigenvalue weighted by Crippen LogP contribution is -2.45. The molecule has 0 radical (unpaired) electrons. The maximum atomic E-state index is 4.39. The lowest BCUT2D eigenvalue weighted by molar-refractivity contribution is 0.249. The number of anilines is 1. The second kappa shape index (κ2) is 6.47. The summed E-state index contributed by atoms with van der Waals surface area (Å²) >= 11 is 1.76. The number of nitrogens with zero attached hydrogens (tertiary/aromatic N) is 3. The summed E-state index contributed by atoms with van der Waals surface area (Å²) in [5.41, 5.74) is 0. The van der Waals surface area contributed by atoms with E-state index in [-0.39, 0.29) is 0 Å². The van der Waals surface area contributed by atoms with E-state index in [2.05, 4.69) is 38.5 Å². The van der Waals surface area contributed by atoms with Crippen LogP contribution in [0.15, 0.2) is 12.4 Å². The Kier molecular flexibility index (Phi) is 4.44. The molecule has 0 spiro atoms. The first-order valence-corrected chi connectivity index (χ1v) is 8.09. The number of hydrogen-bond acceptors (Lipinski definition) is 6. The molecular weight excluding hydrogens is 270 g/mol. The molecule has 0 saturated carbocycles. The number of aromatic nitrogens is 2. The van der Waals surface area contributed by atoms with Crippen molar-refractivity contribution in [3.63, 3.8) is 0 Å². The van der Waals surface area contributed by atoms with Crippen molar-refractivity contribution in [1.82, 2.24) is 20.2 Å². The highest BCUT2D eigenvalue weighted by atomic mass is 32.1. The highest BCUT2D eigenvalue weighted by molar-refractivity contribution is 7.18. The van der Waals surface area contributed by atoms with E-state index in [4.69, 9.17) is 0 Å². The van der Waals surface area contributed by atoms with Crippen LogP contribution in [0.5, 0.6) is 0 Å².